The summed E-state index contributed by atoms with van der Waals surface area (Å²) in [6, 6.07) is 9.89. The average molecular weight is 282 g/mol. The van der Waals surface area contributed by atoms with E-state index in [1.54, 1.807) is 0 Å². The maximum atomic E-state index is 12.8. The number of nitrogen functional groups attached to an aromatic ring is 1. The number of hydrogen-bond donors (Lipinski definition) is 2. The number of benzene rings is 2. The minimum Gasteiger partial charge on any atom is -0.397 e. The van der Waals surface area contributed by atoms with Gasteiger partial charge in [0.05, 0.1) is 22.6 Å². The predicted molar refractivity (Wildman–Crippen MR) is 69.7 cm³/mol. The number of halogens is 3. The summed E-state index contributed by atoms with van der Waals surface area (Å²) in [5.74, 6) is 0. The van der Waals surface area contributed by atoms with E-state index in [4.69, 9.17) is 5.73 Å². The minimum absolute atomic E-state index is 0.257. The van der Waals surface area contributed by atoms with Crippen LogP contribution in [-0.4, -0.2) is 0 Å². The van der Waals surface area contributed by atoms with E-state index in [0.29, 0.717) is 10.6 Å². The van der Waals surface area contributed by atoms with E-state index in [1.807, 2.05) is 24.3 Å². The molecule has 2 aromatic carbocycles. The highest BCUT2D eigenvalue weighted by Crippen LogP contribution is 2.49. The molecule has 2 nitrogen and oxygen atoms in total. The molecule has 0 atom stereocenters. The molecule has 0 aliphatic carbocycles. The van der Waals surface area contributed by atoms with Crippen molar-refractivity contribution in [2.75, 3.05) is 11.1 Å². The molecule has 0 radical (unpaired) electrons. The van der Waals surface area contributed by atoms with Crippen LogP contribution in [0.25, 0.3) is 0 Å². The molecule has 0 unspecified atom stereocenters. The van der Waals surface area contributed by atoms with Gasteiger partial charge in [-0.3, -0.25) is 0 Å². The summed E-state index contributed by atoms with van der Waals surface area (Å²) in [6.45, 7) is 0. The maximum Gasteiger partial charge on any atom is 0.418 e. The first-order valence-electron chi connectivity index (χ1n) is 5.50. The third-order valence-electron chi connectivity index (χ3n) is 2.88. The van der Waals surface area contributed by atoms with Crippen molar-refractivity contribution < 1.29 is 13.2 Å². The van der Waals surface area contributed by atoms with Crippen LogP contribution in [0.5, 0.6) is 0 Å². The molecule has 0 saturated carbocycles. The third-order valence-corrected chi connectivity index (χ3v) is 4.02. The Bertz CT molecular complexity index is 653. The normalized spacial score (nSPS) is 13.4. The van der Waals surface area contributed by atoms with Crippen molar-refractivity contribution in [3.05, 3.63) is 42.0 Å². The Kier molecular flexibility index (Phi) is 2.63. The van der Waals surface area contributed by atoms with Crippen molar-refractivity contribution in [3.63, 3.8) is 0 Å². The first-order chi connectivity index (χ1) is 8.97. The van der Waals surface area contributed by atoms with E-state index in [-0.39, 0.29) is 5.69 Å². The van der Waals surface area contributed by atoms with Crippen LogP contribution in [0.15, 0.2) is 46.2 Å². The zero-order chi connectivity index (χ0) is 13.6. The Morgan fingerprint density at radius 1 is 1.00 bits per heavy atom. The number of para-hydroxylation sites is 1. The summed E-state index contributed by atoms with van der Waals surface area (Å²) in [4.78, 5) is 1.67. The Morgan fingerprint density at radius 2 is 1.74 bits per heavy atom. The number of hydrogen-bond acceptors (Lipinski definition) is 3. The summed E-state index contributed by atoms with van der Waals surface area (Å²) in [5.41, 5.74) is 5.69. The second kappa shape index (κ2) is 4.09. The average Bonchev–Trinajstić information content (AvgIpc) is 2.36. The van der Waals surface area contributed by atoms with E-state index in [0.717, 1.165) is 16.6 Å². The summed E-state index contributed by atoms with van der Waals surface area (Å²) < 4.78 is 38.4. The number of rotatable bonds is 0. The van der Waals surface area contributed by atoms with Gasteiger partial charge in [0.2, 0.25) is 0 Å². The molecule has 0 spiro atoms. The number of alkyl halides is 3. The van der Waals surface area contributed by atoms with Crippen LogP contribution in [0.1, 0.15) is 5.56 Å². The second-order valence-electron chi connectivity index (χ2n) is 4.12. The zero-order valence-corrected chi connectivity index (χ0v) is 10.4. The SMILES string of the molecule is Nc1c(C(F)(F)F)ccc2c1Nc1ccccc1S2. The van der Waals surface area contributed by atoms with Gasteiger partial charge in [-0.25, -0.2) is 0 Å². The Labute approximate surface area is 111 Å². The van der Waals surface area contributed by atoms with Crippen LogP contribution in [0.3, 0.4) is 0 Å². The molecule has 1 aliphatic rings. The molecular weight excluding hydrogens is 273 g/mol. The van der Waals surface area contributed by atoms with Gasteiger partial charge in [0.1, 0.15) is 0 Å². The lowest BCUT2D eigenvalue weighted by Crippen LogP contribution is -2.12. The quantitative estimate of drug-likeness (QED) is 0.596. The fourth-order valence-corrected chi connectivity index (χ4v) is 2.98. The molecule has 0 bridgehead atoms. The van der Waals surface area contributed by atoms with E-state index < -0.39 is 11.7 Å². The van der Waals surface area contributed by atoms with Gasteiger partial charge in [0.25, 0.3) is 0 Å². The highest BCUT2D eigenvalue weighted by Gasteiger charge is 2.35. The van der Waals surface area contributed by atoms with Crippen LogP contribution in [0, 0.1) is 0 Å². The van der Waals surface area contributed by atoms with Gasteiger partial charge in [0.15, 0.2) is 0 Å². The predicted octanol–water partition coefficient (Wildman–Crippen LogP) is 4.50. The summed E-state index contributed by atoms with van der Waals surface area (Å²) in [7, 11) is 0. The monoisotopic (exact) mass is 282 g/mol. The fraction of sp³-hybridized carbons (Fsp3) is 0.0769. The standard InChI is InChI=1S/C13H9F3N2S/c14-13(15,16)7-5-6-10-12(11(7)17)18-8-3-1-2-4-9(8)19-10/h1-6,18H,17H2. The number of anilines is 3. The molecule has 3 N–H and O–H groups in total. The van der Waals surface area contributed by atoms with Crippen molar-refractivity contribution in [1.29, 1.82) is 0 Å². The topological polar surface area (TPSA) is 38.0 Å². The van der Waals surface area contributed by atoms with E-state index in [1.165, 1.54) is 17.8 Å². The number of nitrogens with one attached hydrogen (secondary N) is 1. The lowest BCUT2D eigenvalue weighted by atomic mass is 10.1. The van der Waals surface area contributed by atoms with Crippen molar-refractivity contribution in [2.45, 2.75) is 16.0 Å². The van der Waals surface area contributed by atoms with Gasteiger partial charge in [-0.1, -0.05) is 23.9 Å². The van der Waals surface area contributed by atoms with Crippen LogP contribution < -0.4 is 11.1 Å². The van der Waals surface area contributed by atoms with Crippen LogP contribution >= 0.6 is 11.8 Å². The molecule has 0 fully saturated rings. The summed E-state index contributed by atoms with van der Waals surface area (Å²) in [5, 5.41) is 2.98. The van der Waals surface area contributed by atoms with Crippen molar-refractivity contribution in [3.8, 4) is 0 Å². The largest absolute Gasteiger partial charge is 0.418 e. The van der Waals surface area contributed by atoms with Gasteiger partial charge in [-0.05, 0) is 24.3 Å². The van der Waals surface area contributed by atoms with Gasteiger partial charge in [0, 0.05) is 9.79 Å². The Morgan fingerprint density at radius 3 is 2.47 bits per heavy atom. The molecule has 98 valence electrons. The molecular formula is C13H9F3N2S. The molecule has 1 aliphatic heterocycles. The van der Waals surface area contributed by atoms with Crippen LogP contribution in [0.2, 0.25) is 0 Å². The van der Waals surface area contributed by atoms with Crippen molar-refractivity contribution in [2.24, 2.45) is 0 Å². The lowest BCUT2D eigenvalue weighted by Gasteiger charge is -2.24. The highest BCUT2D eigenvalue weighted by molar-refractivity contribution is 7.99. The Balaban J connectivity index is 2.12. The molecule has 2 aromatic rings. The van der Waals surface area contributed by atoms with Gasteiger partial charge < -0.3 is 11.1 Å². The molecule has 0 amide bonds. The first-order valence-corrected chi connectivity index (χ1v) is 6.32. The van der Waals surface area contributed by atoms with Crippen molar-refractivity contribution >= 4 is 28.8 Å². The van der Waals surface area contributed by atoms with E-state index >= 15 is 0 Å². The molecule has 0 saturated heterocycles. The molecule has 19 heavy (non-hydrogen) atoms. The molecule has 1 heterocycles. The highest BCUT2D eigenvalue weighted by atomic mass is 32.2. The smallest absolute Gasteiger partial charge is 0.397 e. The van der Waals surface area contributed by atoms with Crippen molar-refractivity contribution in [1.82, 2.24) is 0 Å². The Hall–Kier alpha value is -1.82. The lowest BCUT2D eigenvalue weighted by molar-refractivity contribution is -0.136. The number of nitrogens with two attached hydrogens (primary N) is 1. The van der Waals surface area contributed by atoms with Gasteiger partial charge in [-0.2, -0.15) is 13.2 Å². The fourth-order valence-electron chi connectivity index (χ4n) is 1.97. The third kappa shape index (κ3) is 2.02. The zero-order valence-electron chi connectivity index (χ0n) is 9.58. The van der Waals surface area contributed by atoms with Gasteiger partial charge >= 0.3 is 6.18 Å². The number of fused-ring (bicyclic) bond motifs is 2. The summed E-state index contributed by atoms with van der Waals surface area (Å²) in [6.07, 6.45) is -4.44. The van der Waals surface area contributed by atoms with E-state index in [2.05, 4.69) is 5.32 Å². The van der Waals surface area contributed by atoms with Crippen LogP contribution in [0.4, 0.5) is 30.2 Å². The maximum absolute atomic E-state index is 12.8. The van der Waals surface area contributed by atoms with Crippen LogP contribution in [-0.2, 0) is 6.18 Å². The first kappa shape index (κ1) is 12.2. The second-order valence-corrected chi connectivity index (χ2v) is 5.20. The molecule has 3 rings (SSSR count). The molecule has 6 heteroatoms. The molecule has 0 aromatic heterocycles. The minimum atomic E-state index is -4.44. The van der Waals surface area contributed by atoms with Gasteiger partial charge in [-0.15, -0.1) is 0 Å². The van der Waals surface area contributed by atoms with E-state index in [9.17, 15) is 13.2 Å². The summed E-state index contributed by atoms with van der Waals surface area (Å²) >= 11 is 1.41.